The molecule has 0 aromatic carbocycles. The second-order valence-electron chi connectivity index (χ2n) is 3.61. The molecule has 0 aliphatic rings. The highest BCUT2D eigenvalue weighted by atomic mass is 32.2. The van der Waals surface area contributed by atoms with Crippen molar-refractivity contribution < 1.29 is 19.4 Å². The average molecular weight is 284 g/mol. The Kier molecular flexibility index (Phi) is 5.62. The van der Waals surface area contributed by atoms with Gasteiger partial charge in [-0.3, -0.25) is 0 Å². The van der Waals surface area contributed by atoms with E-state index >= 15 is 0 Å². The number of carbonyl (C=O) groups is 1. The Morgan fingerprint density at radius 1 is 1.32 bits per heavy atom. The van der Waals surface area contributed by atoms with E-state index in [1.807, 2.05) is 6.92 Å². The van der Waals surface area contributed by atoms with E-state index in [1.165, 1.54) is 20.3 Å². The minimum absolute atomic E-state index is 0.220. The van der Waals surface area contributed by atoms with Crippen molar-refractivity contribution in [1.29, 1.82) is 0 Å². The summed E-state index contributed by atoms with van der Waals surface area (Å²) in [5, 5.41) is 9.47. The van der Waals surface area contributed by atoms with Crippen molar-refractivity contribution in [3.63, 3.8) is 0 Å². The van der Waals surface area contributed by atoms with Crippen LogP contribution >= 0.6 is 11.8 Å². The lowest BCUT2D eigenvalue weighted by atomic mass is 10.2. The summed E-state index contributed by atoms with van der Waals surface area (Å²) in [5.74, 6) is -0.337. The van der Waals surface area contributed by atoms with Crippen LogP contribution in [-0.4, -0.2) is 35.3 Å². The molecule has 0 spiro atoms. The lowest BCUT2D eigenvalue weighted by molar-refractivity contribution is -0.131. The molecule has 6 nitrogen and oxygen atoms in total. The molecule has 0 bridgehead atoms. The number of ether oxygens (including phenoxy) is 2. The third kappa shape index (κ3) is 4.13. The molecule has 0 saturated carbocycles. The normalized spacial score (nSPS) is 11.8. The van der Waals surface area contributed by atoms with Gasteiger partial charge in [-0.15, -0.1) is 0 Å². The van der Waals surface area contributed by atoms with E-state index in [-0.39, 0.29) is 10.1 Å². The number of thioether (sulfide) groups is 1. The van der Waals surface area contributed by atoms with Gasteiger partial charge in [-0.2, -0.15) is 9.97 Å². The molecule has 1 rings (SSSR count). The fourth-order valence-corrected chi connectivity index (χ4v) is 2.06. The zero-order valence-corrected chi connectivity index (χ0v) is 12.1. The molecule has 7 heteroatoms. The van der Waals surface area contributed by atoms with Gasteiger partial charge < -0.3 is 14.6 Å². The monoisotopic (exact) mass is 284 g/mol. The summed E-state index contributed by atoms with van der Waals surface area (Å²) < 4.78 is 10.0. The van der Waals surface area contributed by atoms with Gasteiger partial charge >= 0.3 is 5.97 Å². The second-order valence-corrected chi connectivity index (χ2v) is 4.58. The van der Waals surface area contributed by atoms with Crippen molar-refractivity contribution in [2.24, 2.45) is 0 Å². The summed E-state index contributed by atoms with van der Waals surface area (Å²) in [6, 6.07) is 1.53. The first-order chi connectivity index (χ1) is 9.01. The lowest BCUT2D eigenvalue weighted by Crippen LogP contribution is -2.02. The minimum atomic E-state index is -0.991. The molecule has 1 heterocycles. The first-order valence-corrected chi connectivity index (χ1v) is 6.41. The highest BCUT2D eigenvalue weighted by molar-refractivity contribution is 8.03. The number of methoxy groups -OCH3 is 2. The first-order valence-electron chi connectivity index (χ1n) is 5.59. The number of aromatic nitrogens is 2. The van der Waals surface area contributed by atoms with Crippen LogP contribution in [0.5, 0.6) is 11.8 Å². The van der Waals surface area contributed by atoms with Crippen molar-refractivity contribution in [2.75, 3.05) is 14.2 Å². The predicted molar refractivity (Wildman–Crippen MR) is 71.6 cm³/mol. The zero-order chi connectivity index (χ0) is 14.4. The number of rotatable bonds is 6. The maximum Gasteiger partial charge on any atom is 0.342 e. The summed E-state index contributed by atoms with van der Waals surface area (Å²) >= 11 is 0.986. The van der Waals surface area contributed by atoms with Crippen molar-refractivity contribution in [3.8, 4) is 11.8 Å². The standard InChI is InChI=1S/C12H16N2O4S/c1-5-7(2)10(11(15)16)19-12-13-8(17-3)6-9(14-12)18-4/h6H,5H2,1-4H3,(H,15,16)/b10-7-. The summed E-state index contributed by atoms with van der Waals surface area (Å²) in [6.45, 7) is 3.67. The van der Waals surface area contributed by atoms with Crippen LogP contribution in [0.4, 0.5) is 0 Å². The lowest BCUT2D eigenvalue weighted by Gasteiger charge is -2.08. The van der Waals surface area contributed by atoms with Crippen LogP contribution in [0.25, 0.3) is 0 Å². The first kappa shape index (κ1) is 15.3. The molecule has 0 fully saturated rings. The molecule has 104 valence electrons. The third-order valence-electron chi connectivity index (χ3n) is 2.38. The molecule has 0 aliphatic heterocycles. The van der Waals surface area contributed by atoms with E-state index in [0.29, 0.717) is 18.2 Å². The van der Waals surface area contributed by atoms with E-state index in [2.05, 4.69) is 9.97 Å². The van der Waals surface area contributed by atoms with Gasteiger partial charge in [0.2, 0.25) is 11.8 Å². The van der Waals surface area contributed by atoms with Crippen molar-refractivity contribution in [1.82, 2.24) is 9.97 Å². The Labute approximate surface area is 115 Å². The van der Waals surface area contributed by atoms with Crippen molar-refractivity contribution in [2.45, 2.75) is 25.4 Å². The predicted octanol–water partition coefficient (Wildman–Crippen LogP) is 2.35. The van der Waals surface area contributed by atoms with Crippen LogP contribution < -0.4 is 9.47 Å². The molecule has 0 saturated heterocycles. The van der Waals surface area contributed by atoms with E-state index in [4.69, 9.17) is 9.47 Å². The number of hydrogen-bond donors (Lipinski definition) is 1. The van der Waals surface area contributed by atoms with E-state index in [1.54, 1.807) is 6.92 Å². The van der Waals surface area contributed by atoms with Crippen molar-refractivity contribution in [3.05, 3.63) is 16.5 Å². The van der Waals surface area contributed by atoms with Gasteiger partial charge in [-0.05, 0) is 25.1 Å². The molecular formula is C12H16N2O4S. The highest BCUT2D eigenvalue weighted by Crippen LogP contribution is 2.30. The van der Waals surface area contributed by atoms with Gasteiger partial charge in [0.15, 0.2) is 5.16 Å². The topological polar surface area (TPSA) is 81.5 Å². The summed E-state index contributed by atoms with van der Waals surface area (Å²) in [6.07, 6.45) is 0.649. The molecule has 1 aromatic heterocycles. The molecule has 0 amide bonds. The molecule has 19 heavy (non-hydrogen) atoms. The second kappa shape index (κ2) is 6.98. The minimum Gasteiger partial charge on any atom is -0.481 e. The Balaban J connectivity index is 3.13. The Bertz CT molecular complexity index is 480. The molecule has 0 radical (unpaired) electrons. The Morgan fingerprint density at radius 2 is 1.84 bits per heavy atom. The van der Waals surface area contributed by atoms with Gasteiger partial charge in [0.05, 0.1) is 25.2 Å². The summed E-state index contributed by atoms with van der Waals surface area (Å²) in [5.41, 5.74) is 0.767. The van der Waals surface area contributed by atoms with E-state index in [0.717, 1.165) is 17.3 Å². The number of nitrogens with zero attached hydrogens (tertiary/aromatic N) is 2. The Morgan fingerprint density at radius 3 is 2.21 bits per heavy atom. The summed E-state index contributed by atoms with van der Waals surface area (Å²) in [4.78, 5) is 19.6. The quantitative estimate of drug-likeness (QED) is 0.488. The van der Waals surface area contributed by atoms with E-state index < -0.39 is 5.97 Å². The molecule has 1 aromatic rings. The average Bonchev–Trinajstić information content (AvgIpc) is 2.43. The van der Waals surface area contributed by atoms with Gasteiger partial charge in [0.1, 0.15) is 0 Å². The number of hydrogen-bond acceptors (Lipinski definition) is 6. The molecule has 0 aliphatic carbocycles. The van der Waals surface area contributed by atoms with Crippen LogP contribution in [0.1, 0.15) is 20.3 Å². The van der Waals surface area contributed by atoms with Crippen LogP contribution in [0, 0.1) is 0 Å². The van der Waals surface area contributed by atoms with Gasteiger partial charge in [-0.1, -0.05) is 12.5 Å². The Hall–Kier alpha value is -1.76. The number of carboxylic acid groups (broad SMARTS) is 1. The van der Waals surface area contributed by atoms with Crippen LogP contribution in [0.15, 0.2) is 21.7 Å². The van der Waals surface area contributed by atoms with Crippen LogP contribution in [0.2, 0.25) is 0 Å². The number of allylic oxidation sites excluding steroid dienone is 1. The third-order valence-corrected chi connectivity index (χ3v) is 3.47. The fraction of sp³-hybridized carbons (Fsp3) is 0.417. The summed E-state index contributed by atoms with van der Waals surface area (Å²) in [7, 11) is 2.95. The maximum absolute atomic E-state index is 11.2. The highest BCUT2D eigenvalue weighted by Gasteiger charge is 2.16. The van der Waals surface area contributed by atoms with Gasteiger partial charge in [-0.25, -0.2) is 4.79 Å². The van der Waals surface area contributed by atoms with Gasteiger partial charge in [0, 0.05) is 0 Å². The fourth-order valence-electron chi connectivity index (χ4n) is 1.20. The molecule has 1 N–H and O–H groups in total. The number of carboxylic acids is 1. The zero-order valence-electron chi connectivity index (χ0n) is 11.3. The largest absolute Gasteiger partial charge is 0.481 e. The molecule has 0 unspecified atom stereocenters. The smallest absolute Gasteiger partial charge is 0.342 e. The SMILES string of the molecule is CC/C(C)=C(\Sc1nc(OC)cc(OC)n1)C(=O)O. The molecule has 0 atom stereocenters. The number of aliphatic carboxylic acids is 1. The maximum atomic E-state index is 11.2. The van der Waals surface area contributed by atoms with Crippen LogP contribution in [-0.2, 0) is 4.79 Å². The molecular weight excluding hydrogens is 268 g/mol. The van der Waals surface area contributed by atoms with Crippen molar-refractivity contribution >= 4 is 17.7 Å². The van der Waals surface area contributed by atoms with E-state index in [9.17, 15) is 9.90 Å². The van der Waals surface area contributed by atoms with Crippen LogP contribution in [0.3, 0.4) is 0 Å². The van der Waals surface area contributed by atoms with Gasteiger partial charge in [0.25, 0.3) is 0 Å².